The predicted molar refractivity (Wildman–Crippen MR) is 78.0 cm³/mol. The van der Waals surface area contributed by atoms with Crippen LogP contribution >= 0.6 is 23.4 Å². The van der Waals surface area contributed by atoms with E-state index in [4.69, 9.17) is 16.7 Å². The molecule has 0 unspecified atom stereocenters. The van der Waals surface area contributed by atoms with Crippen molar-refractivity contribution in [1.29, 1.82) is 0 Å². The van der Waals surface area contributed by atoms with Crippen molar-refractivity contribution >= 4 is 39.2 Å². The standard InChI is InChI=1S/C12H14ClFO4S2/c1-2-19-4-3-5-20(17,18)10-7-8(13)6-9(11(10)14)12(15)16/h6-7H,2-5H2,1H3,(H,15,16). The maximum absolute atomic E-state index is 14.0. The summed E-state index contributed by atoms with van der Waals surface area (Å²) < 4.78 is 38.0. The highest BCUT2D eigenvalue weighted by Gasteiger charge is 2.24. The average molecular weight is 341 g/mol. The van der Waals surface area contributed by atoms with Crippen LogP contribution in [0.3, 0.4) is 0 Å². The zero-order valence-corrected chi connectivity index (χ0v) is 13.1. The minimum absolute atomic E-state index is 0.120. The normalized spacial score (nSPS) is 11.6. The van der Waals surface area contributed by atoms with Gasteiger partial charge in [0.05, 0.1) is 11.3 Å². The van der Waals surface area contributed by atoms with Crippen molar-refractivity contribution in [2.45, 2.75) is 18.2 Å². The molecule has 0 heterocycles. The Morgan fingerprint density at radius 3 is 2.65 bits per heavy atom. The maximum atomic E-state index is 14.0. The molecule has 0 spiro atoms. The number of hydrogen-bond donors (Lipinski definition) is 1. The third-order valence-electron chi connectivity index (χ3n) is 2.48. The SMILES string of the molecule is CCSCCCS(=O)(=O)c1cc(Cl)cc(C(=O)O)c1F. The molecule has 112 valence electrons. The van der Waals surface area contributed by atoms with Crippen LogP contribution in [0.1, 0.15) is 23.7 Å². The van der Waals surface area contributed by atoms with Gasteiger partial charge in [-0.25, -0.2) is 17.6 Å². The summed E-state index contributed by atoms with van der Waals surface area (Å²) in [5.74, 6) is -1.54. The topological polar surface area (TPSA) is 71.4 Å². The maximum Gasteiger partial charge on any atom is 0.338 e. The minimum atomic E-state index is -3.89. The van der Waals surface area contributed by atoms with Gasteiger partial charge in [0.1, 0.15) is 4.90 Å². The minimum Gasteiger partial charge on any atom is -0.478 e. The Morgan fingerprint density at radius 2 is 2.10 bits per heavy atom. The Labute approximate surface area is 126 Å². The Hall–Kier alpha value is -0.790. The summed E-state index contributed by atoms with van der Waals surface area (Å²) >= 11 is 7.24. The van der Waals surface area contributed by atoms with Crippen LogP contribution in [-0.4, -0.2) is 36.8 Å². The average Bonchev–Trinajstić information content (AvgIpc) is 2.36. The molecule has 0 atom stereocenters. The zero-order valence-electron chi connectivity index (χ0n) is 10.7. The van der Waals surface area contributed by atoms with Gasteiger partial charge in [-0.2, -0.15) is 11.8 Å². The fourth-order valence-corrected chi connectivity index (χ4v) is 4.09. The molecule has 0 aliphatic rings. The first-order valence-corrected chi connectivity index (χ1v) is 9.01. The molecule has 0 aliphatic carbocycles. The predicted octanol–water partition coefficient (Wildman–Crippen LogP) is 3.09. The fourth-order valence-electron chi connectivity index (χ4n) is 1.55. The molecular weight excluding hydrogens is 327 g/mol. The number of benzene rings is 1. The van der Waals surface area contributed by atoms with Crippen molar-refractivity contribution in [3.63, 3.8) is 0 Å². The van der Waals surface area contributed by atoms with E-state index in [2.05, 4.69) is 0 Å². The van der Waals surface area contributed by atoms with Gasteiger partial charge in [-0.05, 0) is 30.1 Å². The molecule has 0 radical (unpaired) electrons. The van der Waals surface area contributed by atoms with Crippen LogP contribution in [0.4, 0.5) is 4.39 Å². The Kier molecular flexibility index (Phi) is 6.29. The van der Waals surface area contributed by atoms with Crippen molar-refractivity contribution in [2.75, 3.05) is 17.3 Å². The fraction of sp³-hybridized carbons (Fsp3) is 0.417. The van der Waals surface area contributed by atoms with Gasteiger partial charge in [0.15, 0.2) is 15.7 Å². The third-order valence-corrected chi connectivity index (χ3v) is 5.47. The van der Waals surface area contributed by atoms with Crippen molar-refractivity contribution in [2.24, 2.45) is 0 Å². The molecule has 0 fully saturated rings. The monoisotopic (exact) mass is 340 g/mol. The van der Waals surface area contributed by atoms with Gasteiger partial charge < -0.3 is 5.11 Å². The van der Waals surface area contributed by atoms with Gasteiger partial charge in [-0.3, -0.25) is 0 Å². The molecule has 8 heteroatoms. The molecular formula is C12H14ClFO4S2. The number of rotatable bonds is 7. The first kappa shape index (κ1) is 17.3. The van der Waals surface area contributed by atoms with Gasteiger partial charge in [-0.15, -0.1) is 0 Å². The summed E-state index contributed by atoms with van der Waals surface area (Å²) in [6.45, 7) is 1.95. The van der Waals surface area contributed by atoms with E-state index in [1.165, 1.54) is 0 Å². The molecule has 0 saturated carbocycles. The highest BCUT2D eigenvalue weighted by atomic mass is 35.5. The first-order chi connectivity index (χ1) is 9.29. The van der Waals surface area contributed by atoms with Crippen molar-refractivity contribution in [1.82, 2.24) is 0 Å². The molecule has 0 bridgehead atoms. The zero-order chi connectivity index (χ0) is 15.3. The van der Waals surface area contributed by atoms with Gasteiger partial charge in [-0.1, -0.05) is 18.5 Å². The first-order valence-electron chi connectivity index (χ1n) is 5.82. The summed E-state index contributed by atoms with van der Waals surface area (Å²) in [4.78, 5) is 10.2. The van der Waals surface area contributed by atoms with Crippen LogP contribution in [0.15, 0.2) is 17.0 Å². The second kappa shape index (κ2) is 7.28. The number of halogens is 2. The van der Waals surface area contributed by atoms with Crippen LogP contribution in [0.2, 0.25) is 5.02 Å². The second-order valence-electron chi connectivity index (χ2n) is 3.94. The van der Waals surface area contributed by atoms with E-state index in [0.717, 1.165) is 17.9 Å². The summed E-state index contributed by atoms with van der Waals surface area (Å²) in [5, 5.41) is 8.71. The molecule has 0 saturated heterocycles. The number of sulfone groups is 1. The largest absolute Gasteiger partial charge is 0.478 e. The summed E-state index contributed by atoms with van der Waals surface area (Å²) in [6.07, 6.45) is 0.370. The van der Waals surface area contributed by atoms with Crippen molar-refractivity contribution in [3.8, 4) is 0 Å². The lowest BCUT2D eigenvalue weighted by molar-refractivity contribution is 0.0691. The summed E-state index contributed by atoms with van der Waals surface area (Å²) in [5.41, 5.74) is -0.737. The smallest absolute Gasteiger partial charge is 0.338 e. The molecule has 4 nitrogen and oxygen atoms in total. The number of carboxylic acid groups (broad SMARTS) is 1. The molecule has 0 aliphatic heterocycles. The van der Waals surface area contributed by atoms with Gasteiger partial charge in [0, 0.05) is 5.02 Å². The van der Waals surface area contributed by atoms with Crippen LogP contribution in [0, 0.1) is 5.82 Å². The van der Waals surface area contributed by atoms with E-state index >= 15 is 0 Å². The van der Waals surface area contributed by atoms with E-state index in [1.807, 2.05) is 6.92 Å². The van der Waals surface area contributed by atoms with Gasteiger partial charge >= 0.3 is 5.97 Å². The number of carbonyl (C=O) groups is 1. The summed E-state index contributed by atoms with van der Waals surface area (Å²) in [7, 11) is -3.89. The van der Waals surface area contributed by atoms with Crippen LogP contribution in [0.25, 0.3) is 0 Å². The van der Waals surface area contributed by atoms with Gasteiger partial charge in [0.2, 0.25) is 0 Å². The van der Waals surface area contributed by atoms with Crippen LogP contribution < -0.4 is 0 Å². The highest BCUT2D eigenvalue weighted by molar-refractivity contribution is 7.99. The lowest BCUT2D eigenvalue weighted by Gasteiger charge is -2.08. The van der Waals surface area contributed by atoms with E-state index in [0.29, 0.717) is 12.2 Å². The lowest BCUT2D eigenvalue weighted by atomic mass is 10.2. The Balaban J connectivity index is 3.09. The van der Waals surface area contributed by atoms with Crippen LogP contribution in [0.5, 0.6) is 0 Å². The van der Waals surface area contributed by atoms with Crippen molar-refractivity contribution in [3.05, 3.63) is 28.5 Å². The van der Waals surface area contributed by atoms with Crippen molar-refractivity contribution < 1.29 is 22.7 Å². The second-order valence-corrected chi connectivity index (χ2v) is 7.85. The number of aromatic carboxylic acids is 1. The van der Waals surface area contributed by atoms with E-state index in [9.17, 15) is 17.6 Å². The number of hydrogen-bond acceptors (Lipinski definition) is 4. The quantitative estimate of drug-likeness (QED) is 0.772. The number of carboxylic acids is 1. The van der Waals surface area contributed by atoms with E-state index in [-0.39, 0.29) is 10.8 Å². The molecule has 1 aromatic rings. The van der Waals surface area contributed by atoms with Crippen LogP contribution in [-0.2, 0) is 9.84 Å². The van der Waals surface area contributed by atoms with E-state index < -0.39 is 32.1 Å². The molecule has 0 amide bonds. The molecule has 1 rings (SSSR count). The molecule has 1 N–H and O–H groups in total. The number of thioether (sulfide) groups is 1. The highest BCUT2D eigenvalue weighted by Crippen LogP contribution is 2.25. The molecule has 20 heavy (non-hydrogen) atoms. The lowest BCUT2D eigenvalue weighted by Crippen LogP contribution is -2.13. The molecule has 0 aromatic heterocycles. The summed E-state index contributed by atoms with van der Waals surface area (Å²) in [6, 6.07) is 1.84. The van der Waals surface area contributed by atoms with Gasteiger partial charge in [0.25, 0.3) is 0 Å². The van der Waals surface area contributed by atoms with E-state index in [1.54, 1.807) is 11.8 Å². The Morgan fingerprint density at radius 1 is 1.45 bits per heavy atom. The molecule has 1 aromatic carbocycles. The third kappa shape index (κ3) is 4.36. The Bertz CT molecular complexity index is 602.